The minimum Gasteiger partial charge on any atom is -0.318 e. The number of terminal acetylenes is 1. The van der Waals surface area contributed by atoms with Crippen LogP contribution >= 0.6 is 0 Å². The van der Waals surface area contributed by atoms with Gasteiger partial charge in [-0.3, -0.25) is 0 Å². The van der Waals surface area contributed by atoms with Crippen LogP contribution in [0.4, 0.5) is 0 Å². The van der Waals surface area contributed by atoms with Gasteiger partial charge in [0.05, 0.1) is 6.15 Å². The van der Waals surface area contributed by atoms with Gasteiger partial charge in [0, 0.05) is 0 Å². The number of rotatable bonds is 9. The Morgan fingerprint density at radius 3 is 1.33 bits per heavy atom. The Kier molecular flexibility index (Phi) is 8.67. The van der Waals surface area contributed by atoms with Crippen molar-refractivity contribution in [2.75, 3.05) is 0 Å². The highest BCUT2D eigenvalue weighted by Gasteiger charge is 2.19. The molecule has 0 spiro atoms. The van der Waals surface area contributed by atoms with Crippen LogP contribution < -0.4 is 0 Å². The highest BCUT2D eigenvalue weighted by Crippen LogP contribution is 2.27. The Morgan fingerprint density at radius 1 is 0.800 bits per heavy atom. The van der Waals surface area contributed by atoms with Crippen molar-refractivity contribution in [1.29, 1.82) is 0 Å². The highest BCUT2D eigenvalue weighted by atomic mass is 14.0. The predicted octanol–water partition coefficient (Wildman–Crippen LogP) is 5.01. The van der Waals surface area contributed by atoms with Gasteiger partial charge in [-0.1, -0.05) is 59.3 Å². The molecule has 0 saturated carbocycles. The van der Waals surface area contributed by atoms with E-state index in [1.165, 1.54) is 57.5 Å². The molecule has 0 heterocycles. The smallest absolute Gasteiger partial charge is 0.0705 e. The van der Waals surface area contributed by atoms with Crippen molar-refractivity contribution in [2.24, 2.45) is 0 Å². The lowest BCUT2D eigenvalue weighted by Crippen LogP contribution is -2.32. The maximum Gasteiger partial charge on any atom is 0.0705 e. The fourth-order valence-corrected chi connectivity index (χ4v) is 2.47. The summed E-state index contributed by atoms with van der Waals surface area (Å²) >= 11 is 0. The average molecular weight is 207 g/mol. The van der Waals surface area contributed by atoms with E-state index in [1.807, 2.05) is 0 Å². The van der Waals surface area contributed by atoms with Gasteiger partial charge in [-0.05, 0) is 0 Å². The van der Waals surface area contributed by atoms with Gasteiger partial charge in [0.2, 0.25) is 0 Å². The van der Waals surface area contributed by atoms with Crippen LogP contribution in [0.1, 0.15) is 59.3 Å². The molecule has 1 heteroatoms. The molecule has 0 aromatic rings. The first-order valence-corrected chi connectivity index (χ1v) is 6.92. The second-order valence-corrected chi connectivity index (χ2v) is 5.07. The molecule has 0 amide bonds. The van der Waals surface area contributed by atoms with Crippen molar-refractivity contribution in [2.45, 2.75) is 78.3 Å². The Balaban J connectivity index is 4.25. The van der Waals surface area contributed by atoms with Gasteiger partial charge in [-0.25, -0.2) is 0 Å². The molecule has 0 bridgehead atoms. The molecule has 0 aromatic heterocycles. The van der Waals surface area contributed by atoms with Crippen LogP contribution in [0.2, 0.25) is 19.0 Å². The van der Waals surface area contributed by atoms with Gasteiger partial charge < -0.3 is 5.82 Å². The van der Waals surface area contributed by atoms with E-state index in [4.69, 9.17) is 6.42 Å². The number of hydrogen-bond donors (Lipinski definition) is 0. The van der Waals surface area contributed by atoms with Crippen molar-refractivity contribution in [3.8, 4) is 12.2 Å². The van der Waals surface area contributed by atoms with Crippen molar-refractivity contribution < 1.29 is 0 Å². The normalized spacial score (nSPS) is 11.3. The molecule has 0 radical (unpaired) electrons. The summed E-state index contributed by atoms with van der Waals surface area (Å²) in [6.45, 7) is 6.78. The van der Waals surface area contributed by atoms with E-state index in [1.54, 1.807) is 0 Å². The van der Waals surface area contributed by atoms with Crippen LogP contribution in [-0.2, 0) is 0 Å². The van der Waals surface area contributed by atoms with E-state index >= 15 is 0 Å². The van der Waals surface area contributed by atoms with Crippen molar-refractivity contribution in [1.82, 2.24) is 0 Å². The first kappa shape index (κ1) is 14.6. The maximum atomic E-state index is 5.81. The summed E-state index contributed by atoms with van der Waals surface area (Å²) in [6.07, 6.45) is 17.0. The van der Waals surface area contributed by atoms with Crippen LogP contribution in [0.5, 0.6) is 0 Å². The third-order valence-electron chi connectivity index (χ3n) is 3.68. The van der Waals surface area contributed by atoms with Crippen LogP contribution in [-0.4, -0.2) is 6.15 Å². The number of unbranched alkanes of at least 4 members (excludes halogenated alkanes) is 3. The molecule has 0 unspecified atom stereocenters. The fraction of sp³-hybridized carbons (Fsp3) is 0.857. The maximum absolute atomic E-state index is 5.81. The summed E-state index contributed by atoms with van der Waals surface area (Å²) in [4.78, 5) is 0. The van der Waals surface area contributed by atoms with Crippen LogP contribution in [0.25, 0.3) is 0 Å². The molecule has 0 aliphatic rings. The molecule has 0 nitrogen and oxygen atoms in total. The van der Waals surface area contributed by atoms with Crippen molar-refractivity contribution in [3.05, 3.63) is 0 Å². The van der Waals surface area contributed by atoms with E-state index in [0.717, 1.165) is 0 Å². The largest absolute Gasteiger partial charge is 0.318 e. The predicted molar refractivity (Wildman–Crippen MR) is 73.7 cm³/mol. The zero-order valence-corrected chi connectivity index (χ0v) is 11.0. The van der Waals surface area contributed by atoms with E-state index < -0.39 is 6.15 Å². The lowest BCUT2D eigenvalue weighted by molar-refractivity contribution is 0.802. The Morgan fingerprint density at radius 2 is 1.13 bits per heavy atom. The van der Waals surface area contributed by atoms with Crippen LogP contribution in [0.3, 0.4) is 0 Å². The molecule has 0 fully saturated rings. The average Bonchev–Trinajstić information content (AvgIpc) is 2.29. The molecule has 15 heavy (non-hydrogen) atoms. The summed E-state index contributed by atoms with van der Waals surface area (Å²) < 4.78 is 0. The van der Waals surface area contributed by atoms with E-state index in [2.05, 4.69) is 26.6 Å². The summed E-state index contributed by atoms with van der Waals surface area (Å²) in [5.41, 5.74) is 0. The van der Waals surface area contributed by atoms with E-state index in [9.17, 15) is 0 Å². The second-order valence-electron chi connectivity index (χ2n) is 5.07. The zero-order valence-electron chi connectivity index (χ0n) is 11.0. The zero-order chi connectivity index (χ0) is 11.6. The van der Waals surface area contributed by atoms with Crippen LogP contribution in [0.15, 0.2) is 0 Å². The standard InChI is InChI=1S/C14H28B/c1-5-9-12-15(8-4,13-10-6-2)14-11-7-3/h4H,5-7,9-14H2,1-3H3/q-1. The van der Waals surface area contributed by atoms with Crippen LogP contribution in [0, 0.1) is 12.2 Å². The summed E-state index contributed by atoms with van der Waals surface area (Å²) in [6, 6.07) is 0. The van der Waals surface area contributed by atoms with Gasteiger partial charge in [0.15, 0.2) is 0 Å². The molecular weight excluding hydrogens is 179 g/mol. The topological polar surface area (TPSA) is 0 Å². The molecule has 0 aromatic carbocycles. The van der Waals surface area contributed by atoms with Gasteiger partial charge in [-0.15, -0.1) is 0 Å². The minimum atomic E-state index is -0.464. The van der Waals surface area contributed by atoms with Gasteiger partial charge in [0.1, 0.15) is 0 Å². The summed E-state index contributed by atoms with van der Waals surface area (Å²) in [5.74, 6) is 3.18. The molecule has 0 aliphatic carbocycles. The molecule has 0 atom stereocenters. The summed E-state index contributed by atoms with van der Waals surface area (Å²) in [5, 5.41) is 0. The monoisotopic (exact) mass is 207 g/mol. The molecular formula is C14H28B-. The van der Waals surface area contributed by atoms with Crippen molar-refractivity contribution in [3.63, 3.8) is 0 Å². The van der Waals surface area contributed by atoms with E-state index in [-0.39, 0.29) is 0 Å². The molecule has 0 rings (SSSR count). The molecule has 0 aliphatic heterocycles. The Bertz CT molecular complexity index is 156. The second kappa shape index (κ2) is 8.90. The lowest BCUT2D eigenvalue weighted by atomic mass is 9.19. The van der Waals surface area contributed by atoms with Gasteiger partial charge in [0.25, 0.3) is 0 Å². The first-order valence-electron chi connectivity index (χ1n) is 6.92. The summed E-state index contributed by atoms with van der Waals surface area (Å²) in [7, 11) is 0. The Hall–Kier alpha value is -0.375. The van der Waals surface area contributed by atoms with E-state index in [0.29, 0.717) is 0 Å². The van der Waals surface area contributed by atoms with Gasteiger partial charge in [-0.2, -0.15) is 25.4 Å². The van der Waals surface area contributed by atoms with Crippen molar-refractivity contribution >= 4 is 6.15 Å². The first-order chi connectivity index (χ1) is 7.24. The molecule has 0 N–H and O–H groups in total. The fourth-order valence-electron chi connectivity index (χ4n) is 2.47. The lowest BCUT2D eigenvalue weighted by Gasteiger charge is -2.34. The number of hydrogen-bond acceptors (Lipinski definition) is 0. The SMILES string of the molecule is C#C[B-](CCCC)(CCCC)CCCC. The quantitative estimate of drug-likeness (QED) is 0.368. The van der Waals surface area contributed by atoms with Gasteiger partial charge >= 0.3 is 0 Å². The minimum absolute atomic E-state index is 0.464. The third kappa shape index (κ3) is 5.93. The molecule has 88 valence electrons. The third-order valence-corrected chi connectivity index (χ3v) is 3.68. The molecule has 0 saturated heterocycles. The Labute approximate surface area is 97.1 Å². The highest BCUT2D eigenvalue weighted by molar-refractivity contribution is 6.87.